The standard InChI is InChI=1S/C16H18N2O4/c1-3-12-15(10(2)22-18-12)16(19)17-9-11-4-5-13-14(8-11)21-7-6-20-13/h4-5,8H,3,6-7,9H2,1-2H3,(H,17,19). The van der Waals surface area contributed by atoms with Crippen LogP contribution in [0.15, 0.2) is 22.7 Å². The Morgan fingerprint density at radius 3 is 2.82 bits per heavy atom. The summed E-state index contributed by atoms with van der Waals surface area (Å²) < 4.78 is 16.1. The van der Waals surface area contributed by atoms with E-state index in [1.54, 1.807) is 6.92 Å². The first-order valence-corrected chi connectivity index (χ1v) is 7.31. The summed E-state index contributed by atoms with van der Waals surface area (Å²) in [6.45, 7) is 5.20. The van der Waals surface area contributed by atoms with Crippen molar-refractivity contribution < 1.29 is 18.8 Å². The van der Waals surface area contributed by atoms with Gasteiger partial charge < -0.3 is 19.3 Å². The third kappa shape index (κ3) is 2.77. The molecule has 1 N–H and O–H groups in total. The normalized spacial score (nSPS) is 13.0. The highest BCUT2D eigenvalue weighted by Gasteiger charge is 2.19. The molecule has 0 bridgehead atoms. The first-order chi connectivity index (χ1) is 10.7. The molecule has 1 aromatic carbocycles. The van der Waals surface area contributed by atoms with Crippen molar-refractivity contribution in [2.75, 3.05) is 13.2 Å². The molecule has 0 spiro atoms. The number of fused-ring (bicyclic) bond motifs is 1. The SMILES string of the molecule is CCc1noc(C)c1C(=O)NCc1ccc2c(c1)OCCO2. The molecule has 0 aliphatic carbocycles. The second kappa shape index (κ2) is 6.09. The Kier molecular flexibility index (Phi) is 4.00. The second-order valence-electron chi connectivity index (χ2n) is 5.07. The minimum atomic E-state index is -0.175. The summed E-state index contributed by atoms with van der Waals surface area (Å²) in [6, 6.07) is 5.66. The predicted molar refractivity (Wildman–Crippen MR) is 79.2 cm³/mol. The number of carbonyl (C=O) groups is 1. The lowest BCUT2D eigenvalue weighted by Gasteiger charge is -2.19. The average Bonchev–Trinajstić information content (AvgIpc) is 2.93. The molecule has 0 fully saturated rings. The molecule has 22 heavy (non-hydrogen) atoms. The molecule has 1 aromatic heterocycles. The molecule has 2 heterocycles. The van der Waals surface area contributed by atoms with Crippen LogP contribution in [-0.2, 0) is 13.0 Å². The number of aryl methyl sites for hydroxylation is 2. The van der Waals surface area contributed by atoms with Crippen LogP contribution in [0.25, 0.3) is 0 Å². The highest BCUT2D eigenvalue weighted by Crippen LogP contribution is 2.30. The Morgan fingerprint density at radius 1 is 1.27 bits per heavy atom. The Hall–Kier alpha value is -2.50. The van der Waals surface area contributed by atoms with E-state index >= 15 is 0 Å². The largest absolute Gasteiger partial charge is 0.486 e. The topological polar surface area (TPSA) is 73.6 Å². The van der Waals surface area contributed by atoms with Gasteiger partial charge in [0.05, 0.1) is 5.69 Å². The number of carbonyl (C=O) groups excluding carboxylic acids is 1. The van der Waals surface area contributed by atoms with E-state index in [0.29, 0.717) is 48.9 Å². The van der Waals surface area contributed by atoms with Crippen LogP contribution in [0.3, 0.4) is 0 Å². The van der Waals surface area contributed by atoms with E-state index in [9.17, 15) is 4.79 Å². The van der Waals surface area contributed by atoms with Gasteiger partial charge in [0.2, 0.25) is 0 Å². The van der Waals surface area contributed by atoms with E-state index in [-0.39, 0.29) is 5.91 Å². The Bertz CT molecular complexity index is 693. The van der Waals surface area contributed by atoms with Gasteiger partial charge in [-0.25, -0.2) is 0 Å². The molecule has 1 aliphatic heterocycles. The van der Waals surface area contributed by atoms with Gasteiger partial charge in [-0.3, -0.25) is 4.79 Å². The van der Waals surface area contributed by atoms with Crippen molar-refractivity contribution in [3.63, 3.8) is 0 Å². The van der Waals surface area contributed by atoms with Gasteiger partial charge in [0.1, 0.15) is 24.5 Å². The predicted octanol–water partition coefficient (Wildman–Crippen LogP) is 2.25. The third-order valence-corrected chi connectivity index (χ3v) is 3.56. The average molecular weight is 302 g/mol. The summed E-state index contributed by atoms with van der Waals surface area (Å²) >= 11 is 0. The van der Waals surface area contributed by atoms with Crippen molar-refractivity contribution in [1.82, 2.24) is 10.5 Å². The number of rotatable bonds is 4. The molecule has 0 saturated carbocycles. The van der Waals surface area contributed by atoms with Crippen molar-refractivity contribution in [3.05, 3.63) is 40.8 Å². The zero-order chi connectivity index (χ0) is 15.5. The highest BCUT2D eigenvalue weighted by molar-refractivity contribution is 5.96. The van der Waals surface area contributed by atoms with E-state index in [0.717, 1.165) is 11.3 Å². The molecule has 0 radical (unpaired) electrons. The fraction of sp³-hybridized carbons (Fsp3) is 0.375. The zero-order valence-corrected chi connectivity index (χ0v) is 12.6. The van der Waals surface area contributed by atoms with Crippen LogP contribution < -0.4 is 14.8 Å². The summed E-state index contributed by atoms with van der Waals surface area (Å²) in [6.07, 6.45) is 0.657. The summed E-state index contributed by atoms with van der Waals surface area (Å²) in [5, 5.41) is 6.78. The van der Waals surface area contributed by atoms with E-state index in [4.69, 9.17) is 14.0 Å². The van der Waals surface area contributed by atoms with Gasteiger partial charge in [0, 0.05) is 6.54 Å². The van der Waals surface area contributed by atoms with E-state index in [1.807, 2.05) is 25.1 Å². The molecule has 1 aliphatic rings. The summed E-state index contributed by atoms with van der Waals surface area (Å²) in [4.78, 5) is 12.3. The first-order valence-electron chi connectivity index (χ1n) is 7.31. The van der Waals surface area contributed by atoms with Gasteiger partial charge in [-0.2, -0.15) is 0 Å². The molecular formula is C16H18N2O4. The van der Waals surface area contributed by atoms with Crippen molar-refractivity contribution in [2.24, 2.45) is 0 Å². The van der Waals surface area contributed by atoms with Gasteiger partial charge in [0.15, 0.2) is 11.5 Å². The Morgan fingerprint density at radius 2 is 2.05 bits per heavy atom. The van der Waals surface area contributed by atoms with Crippen molar-refractivity contribution in [3.8, 4) is 11.5 Å². The Balaban J connectivity index is 1.69. The molecule has 3 rings (SSSR count). The molecule has 0 unspecified atom stereocenters. The maximum absolute atomic E-state index is 12.3. The van der Waals surface area contributed by atoms with Crippen molar-refractivity contribution >= 4 is 5.91 Å². The fourth-order valence-electron chi connectivity index (χ4n) is 2.42. The Labute approximate surface area is 128 Å². The monoisotopic (exact) mass is 302 g/mol. The molecule has 0 saturated heterocycles. The fourth-order valence-corrected chi connectivity index (χ4v) is 2.42. The van der Waals surface area contributed by atoms with E-state index in [2.05, 4.69) is 10.5 Å². The number of hydrogen-bond donors (Lipinski definition) is 1. The molecule has 0 atom stereocenters. The van der Waals surface area contributed by atoms with E-state index in [1.165, 1.54) is 0 Å². The number of ether oxygens (including phenoxy) is 2. The van der Waals surface area contributed by atoms with Gasteiger partial charge in [0.25, 0.3) is 5.91 Å². The van der Waals surface area contributed by atoms with Crippen LogP contribution in [0.4, 0.5) is 0 Å². The molecule has 116 valence electrons. The van der Waals surface area contributed by atoms with Gasteiger partial charge >= 0.3 is 0 Å². The lowest BCUT2D eigenvalue weighted by Crippen LogP contribution is -2.24. The van der Waals surface area contributed by atoms with Gasteiger partial charge in [-0.1, -0.05) is 18.1 Å². The minimum Gasteiger partial charge on any atom is -0.486 e. The molecule has 1 amide bonds. The molecule has 6 heteroatoms. The molecule has 6 nitrogen and oxygen atoms in total. The van der Waals surface area contributed by atoms with Crippen LogP contribution in [0.2, 0.25) is 0 Å². The number of benzene rings is 1. The number of nitrogens with zero attached hydrogens (tertiary/aromatic N) is 1. The zero-order valence-electron chi connectivity index (χ0n) is 12.6. The highest BCUT2D eigenvalue weighted by atomic mass is 16.6. The maximum Gasteiger partial charge on any atom is 0.257 e. The van der Waals surface area contributed by atoms with Crippen LogP contribution >= 0.6 is 0 Å². The molecule has 2 aromatic rings. The first kappa shape index (κ1) is 14.4. The van der Waals surface area contributed by atoms with Crippen LogP contribution in [-0.4, -0.2) is 24.3 Å². The number of aromatic nitrogens is 1. The maximum atomic E-state index is 12.3. The van der Waals surface area contributed by atoms with Crippen molar-refractivity contribution in [1.29, 1.82) is 0 Å². The second-order valence-corrected chi connectivity index (χ2v) is 5.07. The number of nitrogens with one attached hydrogen (secondary N) is 1. The van der Waals surface area contributed by atoms with Gasteiger partial charge in [-0.05, 0) is 31.0 Å². The quantitative estimate of drug-likeness (QED) is 0.937. The van der Waals surface area contributed by atoms with Crippen LogP contribution in [0.5, 0.6) is 11.5 Å². The van der Waals surface area contributed by atoms with E-state index < -0.39 is 0 Å². The third-order valence-electron chi connectivity index (χ3n) is 3.56. The van der Waals surface area contributed by atoms with Crippen LogP contribution in [0, 0.1) is 6.92 Å². The molecular weight excluding hydrogens is 284 g/mol. The summed E-state index contributed by atoms with van der Waals surface area (Å²) in [7, 11) is 0. The number of amides is 1. The summed E-state index contributed by atoms with van der Waals surface area (Å²) in [5.74, 6) is 1.82. The lowest BCUT2D eigenvalue weighted by atomic mass is 10.1. The smallest absolute Gasteiger partial charge is 0.257 e. The van der Waals surface area contributed by atoms with Crippen LogP contribution in [0.1, 0.15) is 34.3 Å². The minimum absolute atomic E-state index is 0.175. The summed E-state index contributed by atoms with van der Waals surface area (Å²) in [5.41, 5.74) is 2.15. The lowest BCUT2D eigenvalue weighted by molar-refractivity contribution is 0.0948. The number of hydrogen-bond acceptors (Lipinski definition) is 5. The van der Waals surface area contributed by atoms with Crippen molar-refractivity contribution in [2.45, 2.75) is 26.8 Å². The van der Waals surface area contributed by atoms with Gasteiger partial charge in [-0.15, -0.1) is 0 Å².